The molecule has 2 amide bonds. The van der Waals surface area contributed by atoms with Gasteiger partial charge in [0.25, 0.3) is 0 Å². The molecule has 1 aliphatic heterocycles. The number of carbonyl (C=O) groups is 2. The number of fused-ring (bicyclic) bond motifs is 1. The lowest BCUT2D eigenvalue weighted by Gasteiger charge is -2.30. The quantitative estimate of drug-likeness (QED) is 0.632. The number of pyridine rings is 1. The Kier molecular flexibility index (Phi) is 5.79. The second-order valence-electron chi connectivity index (χ2n) is 8.19. The molecule has 154 valence electrons. The molecule has 0 unspecified atom stereocenters. The Morgan fingerprint density at radius 2 is 1.97 bits per heavy atom. The van der Waals surface area contributed by atoms with Gasteiger partial charge in [-0.3, -0.25) is 14.6 Å². The molecule has 2 N–H and O–H groups in total. The van der Waals surface area contributed by atoms with Crippen molar-refractivity contribution in [2.24, 2.45) is 0 Å². The summed E-state index contributed by atoms with van der Waals surface area (Å²) in [6, 6.07) is 18.5. The average Bonchev–Trinajstić information content (AvgIpc) is 3.12. The fourth-order valence-corrected chi connectivity index (χ4v) is 4.32. The van der Waals surface area contributed by atoms with Gasteiger partial charge in [0.15, 0.2) is 0 Å². The second kappa shape index (κ2) is 8.66. The fraction of sp³-hybridized carbons (Fsp3) is 0.320. The lowest BCUT2D eigenvalue weighted by atomic mass is 9.83. The molecule has 0 saturated carbocycles. The monoisotopic (exact) mass is 401 g/mol. The Balaban J connectivity index is 1.44. The third kappa shape index (κ3) is 4.51. The maximum absolute atomic E-state index is 12.5. The largest absolute Gasteiger partial charge is 0.350 e. The van der Waals surface area contributed by atoms with E-state index in [-0.39, 0.29) is 17.4 Å². The van der Waals surface area contributed by atoms with Gasteiger partial charge in [-0.15, -0.1) is 0 Å². The predicted octanol–water partition coefficient (Wildman–Crippen LogP) is 3.83. The highest BCUT2D eigenvalue weighted by molar-refractivity contribution is 5.86. The highest BCUT2D eigenvalue weighted by atomic mass is 16.2. The van der Waals surface area contributed by atoms with Crippen LogP contribution in [0.25, 0.3) is 10.8 Å². The minimum absolute atomic E-state index is 0.0153. The molecular weight excluding hydrogens is 374 g/mol. The zero-order valence-corrected chi connectivity index (χ0v) is 17.3. The molecule has 0 spiro atoms. The molecular formula is C25H27N3O2. The van der Waals surface area contributed by atoms with Gasteiger partial charge >= 0.3 is 0 Å². The van der Waals surface area contributed by atoms with E-state index in [1.54, 1.807) is 6.20 Å². The van der Waals surface area contributed by atoms with Gasteiger partial charge in [0.1, 0.15) is 0 Å². The number of hydrogen-bond acceptors (Lipinski definition) is 3. The smallest absolute Gasteiger partial charge is 0.220 e. The van der Waals surface area contributed by atoms with Crippen molar-refractivity contribution in [1.29, 1.82) is 0 Å². The lowest BCUT2D eigenvalue weighted by Crippen LogP contribution is -2.44. The normalized spacial score (nSPS) is 18.4. The van der Waals surface area contributed by atoms with Gasteiger partial charge < -0.3 is 10.6 Å². The number of amides is 2. The van der Waals surface area contributed by atoms with Crippen molar-refractivity contribution >= 4 is 22.6 Å². The van der Waals surface area contributed by atoms with E-state index < -0.39 is 0 Å². The summed E-state index contributed by atoms with van der Waals surface area (Å²) in [5, 5.41) is 8.56. The summed E-state index contributed by atoms with van der Waals surface area (Å²) in [6.45, 7) is 2.41. The number of carbonyl (C=O) groups excluding carboxylic acids is 2. The molecule has 1 aromatic heterocycles. The summed E-state index contributed by atoms with van der Waals surface area (Å²) in [5.41, 5.74) is 2.78. The van der Waals surface area contributed by atoms with Crippen molar-refractivity contribution in [3.05, 3.63) is 77.6 Å². The summed E-state index contributed by atoms with van der Waals surface area (Å²) in [4.78, 5) is 28.9. The lowest BCUT2D eigenvalue weighted by molar-refractivity contribution is -0.122. The Labute approximate surface area is 176 Å². The van der Waals surface area contributed by atoms with E-state index in [4.69, 9.17) is 0 Å². The molecule has 2 heterocycles. The van der Waals surface area contributed by atoms with Gasteiger partial charge in [-0.25, -0.2) is 0 Å². The second-order valence-corrected chi connectivity index (χ2v) is 8.19. The average molecular weight is 402 g/mol. The number of aryl methyl sites for hydroxylation is 1. The number of nitrogens with zero attached hydrogens (tertiary/aromatic N) is 1. The standard InChI is InChI=1S/C25H27N3O2/c1-18-6-5-15-26-22(18)17-27-23(29)11-13-25(14-12-24(30)28-25)16-20-9-4-8-19-7-2-3-10-21(19)20/h2-10,15H,11-14,16-17H2,1H3,(H,27,29)(H,28,30)/t25-/m0/s1. The SMILES string of the molecule is Cc1cccnc1CNC(=O)CC[C@@]1(Cc2cccc3ccccc23)CCC(=O)N1. The first-order valence-corrected chi connectivity index (χ1v) is 10.5. The van der Waals surface area contributed by atoms with Crippen LogP contribution in [-0.4, -0.2) is 22.3 Å². The van der Waals surface area contributed by atoms with Crippen LogP contribution < -0.4 is 10.6 Å². The summed E-state index contributed by atoms with van der Waals surface area (Å²) in [6.07, 6.45) is 4.72. The maximum atomic E-state index is 12.5. The topological polar surface area (TPSA) is 71.1 Å². The Morgan fingerprint density at radius 1 is 1.13 bits per heavy atom. The molecule has 1 fully saturated rings. The van der Waals surface area contributed by atoms with E-state index in [1.807, 2.05) is 31.2 Å². The van der Waals surface area contributed by atoms with Crippen molar-refractivity contribution in [2.75, 3.05) is 0 Å². The highest BCUT2D eigenvalue weighted by Crippen LogP contribution is 2.32. The molecule has 5 heteroatoms. The first-order chi connectivity index (χ1) is 14.5. The number of aromatic nitrogens is 1. The Morgan fingerprint density at radius 3 is 2.77 bits per heavy atom. The molecule has 30 heavy (non-hydrogen) atoms. The van der Waals surface area contributed by atoms with Gasteiger partial charge in [-0.1, -0.05) is 48.5 Å². The molecule has 0 bridgehead atoms. The first kappa shape index (κ1) is 20.1. The molecule has 3 aromatic rings. The van der Waals surface area contributed by atoms with Crippen LogP contribution in [0.5, 0.6) is 0 Å². The van der Waals surface area contributed by atoms with Crippen molar-refractivity contribution in [3.8, 4) is 0 Å². The summed E-state index contributed by atoms with van der Waals surface area (Å²) in [5.74, 6) is 0.0539. The van der Waals surface area contributed by atoms with Gasteiger partial charge in [0.05, 0.1) is 12.2 Å². The molecule has 1 atom stereocenters. The number of nitrogens with one attached hydrogen (secondary N) is 2. The van der Waals surface area contributed by atoms with E-state index in [9.17, 15) is 9.59 Å². The zero-order valence-electron chi connectivity index (χ0n) is 17.3. The van der Waals surface area contributed by atoms with Crippen molar-refractivity contribution in [2.45, 2.75) is 51.1 Å². The van der Waals surface area contributed by atoms with E-state index >= 15 is 0 Å². The van der Waals surface area contributed by atoms with Crippen LogP contribution >= 0.6 is 0 Å². The van der Waals surface area contributed by atoms with Crippen LogP contribution in [0.2, 0.25) is 0 Å². The predicted molar refractivity (Wildman–Crippen MR) is 118 cm³/mol. The Bertz CT molecular complexity index is 1070. The van der Waals surface area contributed by atoms with Crippen molar-refractivity contribution in [3.63, 3.8) is 0 Å². The summed E-state index contributed by atoms with van der Waals surface area (Å²) >= 11 is 0. The molecule has 1 saturated heterocycles. The maximum Gasteiger partial charge on any atom is 0.220 e. The number of hydrogen-bond donors (Lipinski definition) is 2. The molecule has 5 nitrogen and oxygen atoms in total. The van der Waals surface area contributed by atoms with Gasteiger partial charge in [-0.05, 0) is 54.2 Å². The van der Waals surface area contributed by atoms with Crippen LogP contribution in [0.15, 0.2) is 60.8 Å². The zero-order chi connectivity index (χ0) is 21.0. The third-order valence-electron chi connectivity index (χ3n) is 6.05. The van der Waals surface area contributed by atoms with Crippen LogP contribution in [0, 0.1) is 6.92 Å². The van der Waals surface area contributed by atoms with Crippen molar-refractivity contribution < 1.29 is 9.59 Å². The number of rotatable bonds is 7. The fourth-order valence-electron chi connectivity index (χ4n) is 4.32. The Hall–Kier alpha value is -3.21. The summed E-state index contributed by atoms with van der Waals surface area (Å²) < 4.78 is 0. The molecule has 0 aliphatic carbocycles. The van der Waals surface area contributed by atoms with Crippen LogP contribution in [0.3, 0.4) is 0 Å². The van der Waals surface area contributed by atoms with Crippen LogP contribution in [0.4, 0.5) is 0 Å². The molecule has 0 radical (unpaired) electrons. The highest BCUT2D eigenvalue weighted by Gasteiger charge is 2.38. The van der Waals surface area contributed by atoms with E-state index in [1.165, 1.54) is 16.3 Å². The van der Waals surface area contributed by atoms with E-state index in [0.29, 0.717) is 25.8 Å². The molecule has 4 rings (SSSR count). The van der Waals surface area contributed by atoms with Crippen molar-refractivity contribution in [1.82, 2.24) is 15.6 Å². The van der Waals surface area contributed by atoms with Crippen LogP contribution in [-0.2, 0) is 22.6 Å². The minimum Gasteiger partial charge on any atom is -0.350 e. The van der Waals surface area contributed by atoms with Gasteiger partial charge in [-0.2, -0.15) is 0 Å². The third-order valence-corrected chi connectivity index (χ3v) is 6.05. The molecule has 2 aromatic carbocycles. The van der Waals surface area contributed by atoms with E-state index in [2.05, 4.69) is 45.9 Å². The van der Waals surface area contributed by atoms with Gasteiger partial charge in [0, 0.05) is 24.6 Å². The first-order valence-electron chi connectivity index (χ1n) is 10.5. The van der Waals surface area contributed by atoms with E-state index in [0.717, 1.165) is 24.1 Å². The van der Waals surface area contributed by atoms with Gasteiger partial charge in [0.2, 0.25) is 11.8 Å². The number of benzene rings is 2. The van der Waals surface area contributed by atoms with Crippen LogP contribution in [0.1, 0.15) is 42.5 Å². The summed E-state index contributed by atoms with van der Waals surface area (Å²) in [7, 11) is 0. The minimum atomic E-state index is -0.376. The molecule has 1 aliphatic rings.